The number of nitrogens with zero attached hydrogens (tertiary/aromatic N) is 2. The second-order valence-corrected chi connectivity index (χ2v) is 6.01. The summed E-state index contributed by atoms with van der Waals surface area (Å²) in [7, 11) is 1.73. The Hall–Kier alpha value is -2.44. The Balaban J connectivity index is 2.29. The lowest BCUT2D eigenvalue weighted by Crippen LogP contribution is -2.38. The van der Waals surface area contributed by atoms with Gasteiger partial charge >= 0.3 is 5.69 Å². The van der Waals surface area contributed by atoms with E-state index < -0.39 is 18.0 Å². The number of para-hydroxylation sites is 2. The molecule has 3 aromatic rings. The van der Waals surface area contributed by atoms with Gasteiger partial charge in [0, 0.05) is 13.1 Å². The highest BCUT2D eigenvalue weighted by atomic mass is 19.1. The molecule has 6 heteroatoms. The molecule has 0 spiro atoms. The minimum atomic E-state index is -0.888. The molecule has 132 valence electrons. The molecule has 0 saturated carbocycles. The molecular formula is C19H22FN3O2. The first-order chi connectivity index (χ1) is 12.1. The summed E-state index contributed by atoms with van der Waals surface area (Å²) < 4.78 is 17.0. The Bertz CT molecular complexity index is 932. The Morgan fingerprint density at radius 2 is 1.88 bits per heavy atom. The molecule has 1 heterocycles. The lowest BCUT2D eigenvalue weighted by molar-refractivity contribution is 0.130. The molecule has 0 fully saturated rings. The zero-order valence-corrected chi connectivity index (χ0v) is 14.3. The lowest BCUT2D eigenvalue weighted by Gasteiger charge is -2.25. The van der Waals surface area contributed by atoms with Gasteiger partial charge in [0.05, 0.1) is 23.2 Å². The zero-order chi connectivity index (χ0) is 18.0. The Kier molecular flexibility index (Phi) is 5.01. The van der Waals surface area contributed by atoms with Gasteiger partial charge in [0.2, 0.25) is 0 Å². The topological polar surface area (TPSA) is 59.2 Å². The van der Waals surface area contributed by atoms with Crippen LogP contribution in [0.1, 0.15) is 18.5 Å². The molecule has 1 aromatic heterocycles. The van der Waals surface area contributed by atoms with Gasteiger partial charge < -0.3 is 10.4 Å². The van der Waals surface area contributed by atoms with Crippen LogP contribution in [-0.2, 0) is 6.54 Å². The van der Waals surface area contributed by atoms with Crippen LogP contribution in [0.2, 0.25) is 0 Å². The number of hydrogen-bond acceptors (Lipinski definition) is 3. The number of nitrogens with one attached hydrogen (secondary N) is 1. The highest BCUT2D eigenvalue weighted by Crippen LogP contribution is 2.26. The van der Waals surface area contributed by atoms with Crippen LogP contribution in [0.4, 0.5) is 4.39 Å². The molecule has 2 atom stereocenters. The second kappa shape index (κ2) is 7.21. The van der Waals surface area contributed by atoms with Crippen LogP contribution >= 0.6 is 0 Å². The number of rotatable bonds is 6. The third-order valence-electron chi connectivity index (χ3n) is 4.43. The molecule has 0 saturated heterocycles. The number of fused-ring (bicyclic) bond motifs is 1. The number of aliphatic hydroxyl groups is 1. The molecule has 2 aromatic carbocycles. The van der Waals surface area contributed by atoms with Gasteiger partial charge in [0.25, 0.3) is 0 Å². The number of halogens is 1. The van der Waals surface area contributed by atoms with E-state index in [0.717, 1.165) is 11.0 Å². The number of benzene rings is 2. The first kappa shape index (κ1) is 17.4. The van der Waals surface area contributed by atoms with E-state index in [1.165, 1.54) is 12.1 Å². The minimum absolute atomic E-state index is 0.215. The van der Waals surface area contributed by atoms with Gasteiger partial charge in [-0.05, 0) is 43.8 Å². The van der Waals surface area contributed by atoms with Crippen LogP contribution in [-0.4, -0.2) is 33.9 Å². The molecule has 0 aliphatic rings. The maximum Gasteiger partial charge on any atom is 0.329 e. The van der Waals surface area contributed by atoms with E-state index in [1.807, 2.05) is 31.2 Å². The van der Waals surface area contributed by atoms with Crippen LogP contribution in [0.15, 0.2) is 53.3 Å². The number of aliphatic hydroxyl groups excluding tert-OH is 1. The molecule has 0 bridgehead atoms. The number of aromatic nitrogens is 2. The van der Waals surface area contributed by atoms with Gasteiger partial charge in [0.1, 0.15) is 5.82 Å². The summed E-state index contributed by atoms with van der Waals surface area (Å²) in [6.07, 6.45) is -0.888. The Morgan fingerprint density at radius 1 is 1.16 bits per heavy atom. The average Bonchev–Trinajstić information content (AvgIpc) is 2.87. The molecule has 3 rings (SSSR count). The van der Waals surface area contributed by atoms with E-state index in [4.69, 9.17) is 0 Å². The quantitative estimate of drug-likeness (QED) is 0.721. The van der Waals surface area contributed by atoms with Crippen molar-refractivity contribution < 1.29 is 9.50 Å². The number of likely N-dealkylation sites (N-methyl/N-ethyl adjacent to an activating group) is 1. The zero-order valence-electron chi connectivity index (χ0n) is 14.3. The first-order valence-corrected chi connectivity index (χ1v) is 8.36. The van der Waals surface area contributed by atoms with E-state index >= 15 is 0 Å². The summed E-state index contributed by atoms with van der Waals surface area (Å²) in [6, 6.07) is 12.8. The fourth-order valence-electron chi connectivity index (χ4n) is 3.36. The summed E-state index contributed by atoms with van der Waals surface area (Å²) in [5.41, 5.74) is 1.86. The SMILES string of the molecule is CCn1c(=O)n([C@@H](c2cccc(F)c2)[C@H](O)CNC)c2ccccc21. The highest BCUT2D eigenvalue weighted by Gasteiger charge is 2.27. The summed E-state index contributed by atoms with van der Waals surface area (Å²) in [6.45, 7) is 2.70. The van der Waals surface area contributed by atoms with Crippen LogP contribution in [0, 0.1) is 5.82 Å². The number of imidazole rings is 1. The van der Waals surface area contributed by atoms with Crippen molar-refractivity contribution in [3.8, 4) is 0 Å². The monoisotopic (exact) mass is 343 g/mol. The third-order valence-corrected chi connectivity index (χ3v) is 4.43. The third kappa shape index (κ3) is 3.10. The predicted octanol–water partition coefficient (Wildman–Crippen LogP) is 2.13. The second-order valence-electron chi connectivity index (χ2n) is 6.01. The van der Waals surface area contributed by atoms with Crippen molar-refractivity contribution in [1.29, 1.82) is 0 Å². The molecule has 0 unspecified atom stereocenters. The largest absolute Gasteiger partial charge is 0.389 e. The molecule has 5 nitrogen and oxygen atoms in total. The summed E-state index contributed by atoms with van der Waals surface area (Å²) in [4.78, 5) is 13.0. The molecule has 0 aliphatic heterocycles. The van der Waals surface area contributed by atoms with Crippen molar-refractivity contribution in [3.63, 3.8) is 0 Å². The van der Waals surface area contributed by atoms with Crippen molar-refractivity contribution in [3.05, 3.63) is 70.4 Å². The molecule has 0 amide bonds. The normalized spacial score (nSPS) is 13.9. The van der Waals surface area contributed by atoms with Crippen molar-refractivity contribution in [2.75, 3.05) is 13.6 Å². The first-order valence-electron chi connectivity index (χ1n) is 8.36. The van der Waals surface area contributed by atoms with E-state index in [2.05, 4.69) is 5.32 Å². The van der Waals surface area contributed by atoms with Crippen LogP contribution < -0.4 is 11.0 Å². The smallest absolute Gasteiger partial charge is 0.329 e. The van der Waals surface area contributed by atoms with Gasteiger partial charge in [-0.25, -0.2) is 9.18 Å². The Morgan fingerprint density at radius 3 is 2.52 bits per heavy atom. The van der Waals surface area contributed by atoms with Crippen molar-refractivity contribution in [1.82, 2.24) is 14.5 Å². The highest BCUT2D eigenvalue weighted by molar-refractivity contribution is 5.76. The van der Waals surface area contributed by atoms with Crippen LogP contribution in [0.25, 0.3) is 11.0 Å². The van der Waals surface area contributed by atoms with Crippen molar-refractivity contribution in [2.45, 2.75) is 25.6 Å². The van der Waals surface area contributed by atoms with Gasteiger partial charge in [-0.2, -0.15) is 0 Å². The number of hydrogen-bond donors (Lipinski definition) is 2. The number of aryl methyl sites for hydroxylation is 1. The molecular weight excluding hydrogens is 321 g/mol. The van der Waals surface area contributed by atoms with E-state index in [9.17, 15) is 14.3 Å². The van der Waals surface area contributed by atoms with Gasteiger partial charge in [-0.15, -0.1) is 0 Å². The lowest BCUT2D eigenvalue weighted by atomic mass is 10.0. The maximum atomic E-state index is 13.8. The average molecular weight is 343 g/mol. The van der Waals surface area contributed by atoms with Gasteiger partial charge in [0.15, 0.2) is 0 Å². The van der Waals surface area contributed by atoms with E-state index in [0.29, 0.717) is 12.1 Å². The van der Waals surface area contributed by atoms with E-state index in [-0.39, 0.29) is 12.2 Å². The molecule has 25 heavy (non-hydrogen) atoms. The fourth-order valence-corrected chi connectivity index (χ4v) is 3.36. The van der Waals surface area contributed by atoms with Crippen LogP contribution in [0.3, 0.4) is 0 Å². The fraction of sp³-hybridized carbons (Fsp3) is 0.316. The maximum absolute atomic E-state index is 13.8. The minimum Gasteiger partial charge on any atom is -0.389 e. The summed E-state index contributed by atoms with van der Waals surface area (Å²) in [5, 5.41) is 13.6. The molecule has 0 radical (unpaired) electrons. The molecule has 0 aliphatic carbocycles. The summed E-state index contributed by atoms with van der Waals surface area (Å²) >= 11 is 0. The predicted molar refractivity (Wildman–Crippen MR) is 96.3 cm³/mol. The van der Waals surface area contributed by atoms with Crippen LogP contribution in [0.5, 0.6) is 0 Å². The van der Waals surface area contributed by atoms with Gasteiger partial charge in [-0.3, -0.25) is 9.13 Å². The molecule has 2 N–H and O–H groups in total. The van der Waals surface area contributed by atoms with Gasteiger partial charge in [-0.1, -0.05) is 24.3 Å². The summed E-state index contributed by atoms with van der Waals surface area (Å²) in [5.74, 6) is -0.397. The van der Waals surface area contributed by atoms with Crippen molar-refractivity contribution >= 4 is 11.0 Å². The van der Waals surface area contributed by atoms with Crippen molar-refractivity contribution in [2.24, 2.45) is 0 Å². The van der Waals surface area contributed by atoms with E-state index in [1.54, 1.807) is 28.3 Å². The standard InChI is InChI=1S/C19H22FN3O2/c1-3-22-15-9-4-5-10-16(15)23(19(22)25)18(17(24)12-21-2)13-7-6-8-14(20)11-13/h4-11,17-18,21,24H,3,12H2,1-2H3/t17-,18+/m1/s1. The Labute approximate surface area is 145 Å².